The average Bonchev–Trinajstić information content (AvgIpc) is 2.98. The summed E-state index contributed by atoms with van der Waals surface area (Å²) in [5.41, 5.74) is 1.46. The van der Waals surface area contributed by atoms with Gasteiger partial charge in [0, 0.05) is 12.1 Å². The van der Waals surface area contributed by atoms with E-state index in [9.17, 15) is 4.79 Å². The molecule has 6 heteroatoms. The Labute approximate surface area is 143 Å². The molecule has 124 valence electrons. The molecule has 0 saturated carbocycles. The van der Waals surface area contributed by atoms with Crippen molar-refractivity contribution < 1.29 is 14.3 Å². The van der Waals surface area contributed by atoms with E-state index >= 15 is 0 Å². The van der Waals surface area contributed by atoms with Gasteiger partial charge in [-0.05, 0) is 37.3 Å². The number of carbonyl (C=O) groups excluding carboxylic acids is 1. The maximum absolute atomic E-state index is 12.5. The molecule has 3 rings (SSSR count). The van der Waals surface area contributed by atoms with E-state index < -0.39 is 0 Å². The van der Waals surface area contributed by atoms with Gasteiger partial charge in [0.2, 0.25) is 0 Å². The topological polar surface area (TPSA) is 52.8 Å². The Balaban J connectivity index is 2.14. The number of carbonyl (C=O) groups is 1. The summed E-state index contributed by atoms with van der Waals surface area (Å²) < 4.78 is 13.6. The summed E-state index contributed by atoms with van der Waals surface area (Å²) in [5, 5.41) is 0. The van der Waals surface area contributed by atoms with Gasteiger partial charge >= 0.3 is 0 Å². The highest BCUT2D eigenvalue weighted by atomic mass is 32.1. The molecule has 1 amide bonds. The van der Waals surface area contributed by atoms with Crippen LogP contribution in [-0.4, -0.2) is 24.7 Å². The van der Waals surface area contributed by atoms with Crippen LogP contribution in [0, 0.1) is 0 Å². The second kappa shape index (κ2) is 6.88. The highest BCUT2D eigenvalue weighted by molar-refractivity contribution is 7.16. The van der Waals surface area contributed by atoms with Crippen molar-refractivity contribution >= 4 is 27.5 Å². The van der Waals surface area contributed by atoms with Crippen LogP contribution in [-0.2, 0) is 6.54 Å². The Morgan fingerprint density at radius 1 is 1.17 bits per heavy atom. The van der Waals surface area contributed by atoms with Crippen LogP contribution >= 0.6 is 11.3 Å². The molecule has 0 aliphatic heterocycles. The minimum absolute atomic E-state index is 0.290. The van der Waals surface area contributed by atoms with Crippen molar-refractivity contribution in [2.45, 2.75) is 13.5 Å². The molecule has 3 aromatic rings. The second-order valence-electron chi connectivity index (χ2n) is 5.08. The van der Waals surface area contributed by atoms with Crippen LogP contribution in [0.4, 0.5) is 0 Å². The molecule has 0 atom stereocenters. The number of para-hydroxylation sites is 1. The molecule has 5 nitrogen and oxygen atoms in total. The fraction of sp³-hybridized carbons (Fsp3) is 0.222. The van der Waals surface area contributed by atoms with Crippen molar-refractivity contribution in [3.63, 3.8) is 0 Å². The van der Waals surface area contributed by atoms with Crippen LogP contribution in [0.2, 0.25) is 0 Å². The standard InChI is InChI=1S/C18H18N2O3S/c1-4-20-16-14(23-3)9-6-10-15(16)24-18(20)19-17(21)12-7-5-8-13(11-12)22-2/h5-11H,4H2,1-3H3. The fourth-order valence-electron chi connectivity index (χ4n) is 2.55. The lowest BCUT2D eigenvalue weighted by molar-refractivity contribution is 0.0997. The quantitative estimate of drug-likeness (QED) is 0.729. The van der Waals surface area contributed by atoms with Gasteiger partial charge in [-0.3, -0.25) is 4.79 Å². The molecular weight excluding hydrogens is 324 g/mol. The van der Waals surface area contributed by atoms with Crippen LogP contribution in [0.1, 0.15) is 17.3 Å². The molecule has 0 saturated heterocycles. The molecule has 24 heavy (non-hydrogen) atoms. The smallest absolute Gasteiger partial charge is 0.279 e. The first-order valence-corrected chi connectivity index (χ1v) is 8.39. The fourth-order valence-corrected chi connectivity index (χ4v) is 3.66. The number of aromatic nitrogens is 1. The Kier molecular flexibility index (Phi) is 4.66. The van der Waals surface area contributed by atoms with E-state index in [1.54, 1.807) is 38.5 Å². The molecule has 2 aromatic carbocycles. The average molecular weight is 342 g/mol. The number of amides is 1. The zero-order valence-corrected chi connectivity index (χ0v) is 14.6. The highest BCUT2D eigenvalue weighted by Gasteiger charge is 2.12. The monoisotopic (exact) mass is 342 g/mol. The summed E-state index contributed by atoms with van der Waals surface area (Å²) in [5.74, 6) is 1.12. The SMILES string of the molecule is CCn1c(=NC(=O)c2cccc(OC)c2)sc2cccc(OC)c21. The maximum Gasteiger partial charge on any atom is 0.279 e. The van der Waals surface area contributed by atoms with Crippen molar-refractivity contribution in [3.05, 3.63) is 52.8 Å². The number of fused-ring (bicyclic) bond motifs is 1. The molecule has 0 unspecified atom stereocenters. The van der Waals surface area contributed by atoms with Crippen molar-refractivity contribution in [3.8, 4) is 11.5 Å². The van der Waals surface area contributed by atoms with Gasteiger partial charge in [-0.1, -0.05) is 23.5 Å². The van der Waals surface area contributed by atoms with Gasteiger partial charge < -0.3 is 14.0 Å². The van der Waals surface area contributed by atoms with E-state index in [1.807, 2.05) is 29.7 Å². The minimum atomic E-state index is -0.290. The molecule has 0 N–H and O–H groups in total. The van der Waals surface area contributed by atoms with Crippen LogP contribution in [0.3, 0.4) is 0 Å². The van der Waals surface area contributed by atoms with E-state index in [1.165, 1.54) is 11.3 Å². The normalized spacial score (nSPS) is 11.7. The molecule has 0 aliphatic carbocycles. The van der Waals surface area contributed by atoms with Crippen LogP contribution in [0.5, 0.6) is 11.5 Å². The largest absolute Gasteiger partial charge is 0.497 e. The first kappa shape index (κ1) is 16.3. The number of aryl methyl sites for hydroxylation is 1. The van der Waals surface area contributed by atoms with Gasteiger partial charge in [0.05, 0.1) is 18.9 Å². The predicted molar refractivity (Wildman–Crippen MR) is 94.9 cm³/mol. The molecule has 0 radical (unpaired) electrons. The Morgan fingerprint density at radius 3 is 2.67 bits per heavy atom. The van der Waals surface area contributed by atoms with Crippen molar-refractivity contribution in [1.82, 2.24) is 4.57 Å². The summed E-state index contributed by atoms with van der Waals surface area (Å²) in [4.78, 5) is 17.5. The Hall–Kier alpha value is -2.60. The van der Waals surface area contributed by atoms with E-state index in [-0.39, 0.29) is 5.91 Å². The number of rotatable bonds is 4. The maximum atomic E-state index is 12.5. The van der Waals surface area contributed by atoms with E-state index in [4.69, 9.17) is 9.47 Å². The van der Waals surface area contributed by atoms with Gasteiger partial charge in [0.15, 0.2) is 4.80 Å². The Bertz CT molecular complexity index is 956. The number of thiazole rings is 1. The zero-order chi connectivity index (χ0) is 17.1. The third-order valence-electron chi connectivity index (χ3n) is 3.71. The minimum Gasteiger partial charge on any atom is -0.497 e. The van der Waals surface area contributed by atoms with Crippen LogP contribution in [0.25, 0.3) is 10.2 Å². The molecule has 0 aliphatic rings. The molecular formula is C18H18N2O3S. The van der Waals surface area contributed by atoms with Gasteiger partial charge in [-0.15, -0.1) is 0 Å². The third-order valence-corrected chi connectivity index (χ3v) is 4.76. The first-order valence-electron chi connectivity index (χ1n) is 7.57. The number of methoxy groups -OCH3 is 2. The second-order valence-corrected chi connectivity index (χ2v) is 6.09. The lowest BCUT2D eigenvalue weighted by Crippen LogP contribution is -2.16. The number of hydrogen-bond acceptors (Lipinski definition) is 4. The summed E-state index contributed by atoms with van der Waals surface area (Å²) in [7, 11) is 3.22. The Morgan fingerprint density at radius 2 is 1.96 bits per heavy atom. The van der Waals surface area contributed by atoms with Crippen molar-refractivity contribution in [2.75, 3.05) is 14.2 Å². The van der Waals surface area contributed by atoms with Crippen LogP contribution < -0.4 is 14.3 Å². The number of hydrogen-bond donors (Lipinski definition) is 0. The van der Waals surface area contributed by atoms with Crippen molar-refractivity contribution in [2.24, 2.45) is 4.99 Å². The summed E-state index contributed by atoms with van der Waals surface area (Å²) in [6.07, 6.45) is 0. The van der Waals surface area contributed by atoms with Gasteiger partial charge in [-0.25, -0.2) is 0 Å². The van der Waals surface area contributed by atoms with E-state index in [0.29, 0.717) is 22.7 Å². The highest BCUT2D eigenvalue weighted by Crippen LogP contribution is 2.27. The zero-order valence-electron chi connectivity index (χ0n) is 13.8. The summed E-state index contributed by atoms with van der Waals surface area (Å²) in [6.45, 7) is 2.72. The number of ether oxygens (including phenoxy) is 2. The van der Waals surface area contributed by atoms with Gasteiger partial charge in [0.1, 0.15) is 17.0 Å². The van der Waals surface area contributed by atoms with E-state index in [2.05, 4.69) is 4.99 Å². The molecule has 0 fully saturated rings. The van der Waals surface area contributed by atoms with Gasteiger partial charge in [-0.2, -0.15) is 4.99 Å². The summed E-state index contributed by atoms with van der Waals surface area (Å²) >= 11 is 1.48. The van der Waals surface area contributed by atoms with Crippen LogP contribution in [0.15, 0.2) is 47.5 Å². The van der Waals surface area contributed by atoms with Gasteiger partial charge in [0.25, 0.3) is 5.91 Å². The third kappa shape index (κ3) is 2.92. The predicted octanol–water partition coefficient (Wildman–Crippen LogP) is 3.48. The lowest BCUT2D eigenvalue weighted by atomic mass is 10.2. The van der Waals surface area contributed by atoms with Crippen molar-refractivity contribution in [1.29, 1.82) is 0 Å². The molecule has 0 spiro atoms. The lowest BCUT2D eigenvalue weighted by Gasteiger charge is -2.05. The molecule has 1 heterocycles. The van der Waals surface area contributed by atoms with E-state index in [0.717, 1.165) is 16.0 Å². The molecule has 1 aromatic heterocycles. The first-order chi connectivity index (χ1) is 11.7. The molecule has 0 bridgehead atoms. The summed E-state index contributed by atoms with van der Waals surface area (Å²) in [6, 6.07) is 12.9. The number of nitrogens with zero attached hydrogens (tertiary/aromatic N) is 2. The number of benzene rings is 2.